The largest absolute Gasteiger partial charge is 0.465 e. The van der Waals surface area contributed by atoms with E-state index in [4.69, 9.17) is 9.47 Å². The molecule has 0 aliphatic rings. The summed E-state index contributed by atoms with van der Waals surface area (Å²) < 4.78 is 9.61. The Hall–Kier alpha value is -1.67. The molecular formula is C13H25N3O5. The third-order valence-corrected chi connectivity index (χ3v) is 2.41. The number of nitrogens with zero attached hydrogens (tertiary/aromatic N) is 1. The van der Waals surface area contributed by atoms with Crippen molar-refractivity contribution in [1.82, 2.24) is 15.5 Å². The molecule has 0 aliphatic heterocycles. The number of nitrogens with one attached hydrogen (secondary N) is 2. The molecule has 0 saturated carbocycles. The minimum atomic E-state index is -0.579. The predicted molar refractivity (Wildman–Crippen MR) is 76.8 cm³/mol. The smallest absolute Gasteiger partial charge is 0.321 e. The van der Waals surface area contributed by atoms with Crippen molar-refractivity contribution < 1.29 is 23.9 Å². The second-order valence-corrected chi connectivity index (χ2v) is 4.31. The van der Waals surface area contributed by atoms with E-state index in [9.17, 15) is 14.4 Å². The Labute approximate surface area is 125 Å². The molecule has 0 unspecified atom stereocenters. The molecule has 0 spiro atoms. The van der Waals surface area contributed by atoms with Gasteiger partial charge in [-0.3, -0.25) is 19.8 Å². The molecule has 0 aliphatic carbocycles. The van der Waals surface area contributed by atoms with E-state index < -0.39 is 11.9 Å². The number of methoxy groups -OCH3 is 1. The zero-order valence-corrected chi connectivity index (χ0v) is 12.9. The number of hydrogen-bond donors (Lipinski definition) is 2. The number of imide groups is 1. The van der Waals surface area contributed by atoms with Crippen LogP contribution in [0.4, 0.5) is 4.79 Å². The zero-order valence-electron chi connectivity index (χ0n) is 12.9. The highest BCUT2D eigenvalue weighted by atomic mass is 16.5. The molecule has 0 saturated heterocycles. The SMILES string of the molecule is CCCN(CC(=O)NC(=O)NCCOC)CC(=O)OCC. The van der Waals surface area contributed by atoms with Crippen molar-refractivity contribution in [3.8, 4) is 0 Å². The van der Waals surface area contributed by atoms with E-state index in [-0.39, 0.29) is 19.1 Å². The Morgan fingerprint density at radius 3 is 2.43 bits per heavy atom. The summed E-state index contributed by atoms with van der Waals surface area (Å²) in [4.78, 5) is 36.1. The van der Waals surface area contributed by atoms with Gasteiger partial charge in [0.05, 0.1) is 26.3 Å². The fraction of sp³-hybridized carbons (Fsp3) is 0.769. The van der Waals surface area contributed by atoms with E-state index in [1.54, 1.807) is 11.8 Å². The van der Waals surface area contributed by atoms with E-state index in [1.807, 2.05) is 6.92 Å². The molecular weight excluding hydrogens is 278 g/mol. The first kappa shape index (κ1) is 19.3. The van der Waals surface area contributed by atoms with Gasteiger partial charge >= 0.3 is 12.0 Å². The van der Waals surface area contributed by atoms with Crippen LogP contribution in [-0.2, 0) is 19.1 Å². The Bertz CT molecular complexity index is 336. The first-order chi connectivity index (χ1) is 10.0. The zero-order chi connectivity index (χ0) is 16.1. The molecule has 0 aromatic rings. The van der Waals surface area contributed by atoms with Crippen molar-refractivity contribution in [3.63, 3.8) is 0 Å². The third-order valence-electron chi connectivity index (χ3n) is 2.41. The molecule has 0 radical (unpaired) electrons. The minimum absolute atomic E-state index is 0.0282. The summed E-state index contributed by atoms with van der Waals surface area (Å²) >= 11 is 0. The second-order valence-electron chi connectivity index (χ2n) is 4.31. The Morgan fingerprint density at radius 2 is 1.86 bits per heavy atom. The van der Waals surface area contributed by atoms with Crippen LogP contribution in [0.15, 0.2) is 0 Å². The number of ether oxygens (including phenoxy) is 2. The van der Waals surface area contributed by atoms with Gasteiger partial charge in [0.1, 0.15) is 0 Å². The highest BCUT2D eigenvalue weighted by Gasteiger charge is 2.16. The average Bonchev–Trinajstić information content (AvgIpc) is 2.39. The van der Waals surface area contributed by atoms with E-state index in [2.05, 4.69) is 10.6 Å². The van der Waals surface area contributed by atoms with Crippen LogP contribution in [0.3, 0.4) is 0 Å². The minimum Gasteiger partial charge on any atom is -0.465 e. The molecule has 8 nitrogen and oxygen atoms in total. The summed E-state index contributed by atoms with van der Waals surface area (Å²) in [6.45, 7) is 5.20. The highest BCUT2D eigenvalue weighted by molar-refractivity contribution is 5.95. The van der Waals surface area contributed by atoms with Crippen LogP contribution in [0, 0.1) is 0 Å². The Morgan fingerprint density at radius 1 is 1.14 bits per heavy atom. The lowest BCUT2D eigenvalue weighted by Crippen LogP contribution is -2.46. The number of hydrogen-bond acceptors (Lipinski definition) is 6. The average molecular weight is 303 g/mol. The van der Waals surface area contributed by atoms with Gasteiger partial charge in [0.15, 0.2) is 0 Å². The maximum atomic E-state index is 11.7. The normalized spacial score (nSPS) is 10.3. The number of carbonyl (C=O) groups is 3. The number of amides is 3. The number of rotatable bonds is 10. The standard InChI is InChI=1S/C13H25N3O5/c1-4-7-16(10-12(18)21-5-2)9-11(17)15-13(19)14-6-8-20-3/h4-10H2,1-3H3,(H2,14,15,17,19). The fourth-order valence-corrected chi connectivity index (χ4v) is 1.60. The van der Waals surface area contributed by atoms with E-state index in [0.717, 1.165) is 6.42 Å². The van der Waals surface area contributed by atoms with Gasteiger partial charge in [0, 0.05) is 13.7 Å². The van der Waals surface area contributed by atoms with Crippen LogP contribution in [0.5, 0.6) is 0 Å². The molecule has 8 heteroatoms. The summed E-state index contributed by atoms with van der Waals surface area (Å²) in [6.07, 6.45) is 0.784. The molecule has 0 fully saturated rings. The Kier molecular flexibility index (Phi) is 11.1. The van der Waals surface area contributed by atoms with Crippen LogP contribution < -0.4 is 10.6 Å². The van der Waals surface area contributed by atoms with Crippen molar-refractivity contribution in [2.24, 2.45) is 0 Å². The number of urea groups is 1. The summed E-state index contributed by atoms with van der Waals surface area (Å²) in [5.41, 5.74) is 0. The molecule has 0 heterocycles. The Balaban J connectivity index is 4.15. The first-order valence-corrected chi connectivity index (χ1v) is 6.98. The van der Waals surface area contributed by atoms with E-state index in [0.29, 0.717) is 26.3 Å². The van der Waals surface area contributed by atoms with Gasteiger partial charge in [-0.15, -0.1) is 0 Å². The number of esters is 1. The molecule has 2 N–H and O–H groups in total. The van der Waals surface area contributed by atoms with E-state index >= 15 is 0 Å². The molecule has 0 atom stereocenters. The molecule has 122 valence electrons. The summed E-state index contributed by atoms with van der Waals surface area (Å²) in [7, 11) is 1.52. The van der Waals surface area contributed by atoms with E-state index in [1.165, 1.54) is 7.11 Å². The first-order valence-electron chi connectivity index (χ1n) is 6.98. The van der Waals surface area contributed by atoms with Crippen LogP contribution >= 0.6 is 0 Å². The van der Waals surface area contributed by atoms with Gasteiger partial charge in [-0.05, 0) is 19.9 Å². The van der Waals surface area contributed by atoms with Crippen LogP contribution in [0.25, 0.3) is 0 Å². The molecule has 0 rings (SSSR count). The highest BCUT2D eigenvalue weighted by Crippen LogP contribution is 1.93. The second kappa shape index (κ2) is 12.1. The van der Waals surface area contributed by atoms with Crippen LogP contribution in [0.1, 0.15) is 20.3 Å². The summed E-state index contributed by atoms with van der Waals surface area (Å²) in [5, 5.41) is 4.67. The fourth-order valence-electron chi connectivity index (χ4n) is 1.60. The molecule has 0 bridgehead atoms. The number of carbonyl (C=O) groups excluding carboxylic acids is 3. The molecule has 21 heavy (non-hydrogen) atoms. The predicted octanol–water partition coefficient (Wildman–Crippen LogP) is -0.266. The summed E-state index contributed by atoms with van der Waals surface area (Å²) in [5.74, 6) is -0.856. The van der Waals surface area contributed by atoms with Gasteiger partial charge < -0.3 is 14.8 Å². The van der Waals surface area contributed by atoms with Crippen LogP contribution in [0.2, 0.25) is 0 Å². The lowest BCUT2D eigenvalue weighted by molar-refractivity contribution is -0.144. The van der Waals surface area contributed by atoms with Gasteiger partial charge in [-0.2, -0.15) is 0 Å². The van der Waals surface area contributed by atoms with Gasteiger partial charge in [0.2, 0.25) is 5.91 Å². The van der Waals surface area contributed by atoms with Gasteiger partial charge in [0.25, 0.3) is 0 Å². The van der Waals surface area contributed by atoms with Crippen molar-refractivity contribution in [2.45, 2.75) is 20.3 Å². The molecule has 3 amide bonds. The maximum Gasteiger partial charge on any atom is 0.321 e. The maximum absolute atomic E-state index is 11.7. The molecule has 0 aromatic heterocycles. The van der Waals surface area contributed by atoms with Crippen LogP contribution in [-0.4, -0.2) is 69.3 Å². The lowest BCUT2D eigenvalue weighted by Gasteiger charge is -2.19. The quantitative estimate of drug-likeness (QED) is 0.426. The van der Waals surface area contributed by atoms with Crippen molar-refractivity contribution >= 4 is 17.9 Å². The lowest BCUT2D eigenvalue weighted by atomic mass is 10.4. The monoisotopic (exact) mass is 303 g/mol. The van der Waals surface area contributed by atoms with Crippen molar-refractivity contribution in [1.29, 1.82) is 0 Å². The van der Waals surface area contributed by atoms with Crippen molar-refractivity contribution in [3.05, 3.63) is 0 Å². The summed E-state index contributed by atoms with van der Waals surface area (Å²) in [6, 6.07) is -0.579. The van der Waals surface area contributed by atoms with Gasteiger partial charge in [-0.25, -0.2) is 4.79 Å². The molecule has 0 aromatic carbocycles. The topological polar surface area (TPSA) is 97.0 Å². The van der Waals surface area contributed by atoms with Gasteiger partial charge in [-0.1, -0.05) is 6.92 Å². The van der Waals surface area contributed by atoms with Crippen molar-refractivity contribution in [2.75, 3.05) is 46.5 Å². The third kappa shape index (κ3) is 10.7.